The van der Waals surface area contributed by atoms with Gasteiger partial charge in [0, 0.05) is 17.6 Å². The Labute approximate surface area is 142 Å². The van der Waals surface area contributed by atoms with Crippen LogP contribution in [0.2, 0.25) is 0 Å². The lowest BCUT2D eigenvalue weighted by Gasteiger charge is -2.23. The first kappa shape index (κ1) is 18.1. The summed E-state index contributed by atoms with van der Waals surface area (Å²) in [4.78, 5) is 17.5. The standard InChI is InChI=1S/C14H22Br2N2OS/c1-4-17(5-2)8-7-9-18(6-3)14(19)12-10-11(15)13(16)20-12/h10H,4-9H2,1-3H3. The molecule has 20 heavy (non-hydrogen) atoms. The molecule has 1 amide bonds. The van der Waals surface area contributed by atoms with Gasteiger partial charge in [-0.1, -0.05) is 13.8 Å². The van der Waals surface area contributed by atoms with Crippen molar-refractivity contribution < 1.29 is 4.79 Å². The number of rotatable bonds is 8. The van der Waals surface area contributed by atoms with Crippen LogP contribution in [0.25, 0.3) is 0 Å². The van der Waals surface area contributed by atoms with Crippen molar-refractivity contribution in [3.05, 3.63) is 19.2 Å². The number of halogens is 2. The highest BCUT2D eigenvalue weighted by Crippen LogP contribution is 2.32. The van der Waals surface area contributed by atoms with Gasteiger partial charge in [-0.05, 0) is 70.9 Å². The quantitative estimate of drug-likeness (QED) is 0.613. The van der Waals surface area contributed by atoms with E-state index in [-0.39, 0.29) is 5.91 Å². The largest absolute Gasteiger partial charge is 0.338 e. The minimum atomic E-state index is 0.128. The lowest BCUT2D eigenvalue weighted by molar-refractivity contribution is 0.0762. The molecule has 0 fully saturated rings. The van der Waals surface area contributed by atoms with Crippen LogP contribution in [0.3, 0.4) is 0 Å². The fourth-order valence-electron chi connectivity index (χ4n) is 2.04. The van der Waals surface area contributed by atoms with Crippen molar-refractivity contribution in [3.8, 4) is 0 Å². The van der Waals surface area contributed by atoms with Crippen LogP contribution in [-0.2, 0) is 0 Å². The van der Waals surface area contributed by atoms with E-state index in [9.17, 15) is 4.79 Å². The molecule has 0 aliphatic carbocycles. The van der Waals surface area contributed by atoms with Crippen LogP contribution in [0.5, 0.6) is 0 Å². The number of carbonyl (C=O) groups is 1. The molecule has 0 saturated carbocycles. The molecule has 6 heteroatoms. The molecule has 0 unspecified atom stereocenters. The van der Waals surface area contributed by atoms with Crippen LogP contribution in [0.1, 0.15) is 36.9 Å². The van der Waals surface area contributed by atoms with Crippen molar-refractivity contribution in [3.63, 3.8) is 0 Å². The molecule has 0 aliphatic rings. The molecular formula is C14H22Br2N2OS. The van der Waals surface area contributed by atoms with E-state index in [0.717, 1.165) is 52.3 Å². The van der Waals surface area contributed by atoms with Crippen molar-refractivity contribution in [2.75, 3.05) is 32.7 Å². The highest BCUT2D eigenvalue weighted by molar-refractivity contribution is 9.13. The Balaban J connectivity index is 2.55. The van der Waals surface area contributed by atoms with E-state index in [1.54, 1.807) is 0 Å². The van der Waals surface area contributed by atoms with Gasteiger partial charge in [0.05, 0.1) is 8.66 Å². The van der Waals surface area contributed by atoms with Gasteiger partial charge in [-0.3, -0.25) is 4.79 Å². The molecule has 1 rings (SSSR count). The normalized spacial score (nSPS) is 11.1. The number of thiophene rings is 1. The molecule has 114 valence electrons. The molecule has 1 aromatic rings. The zero-order valence-electron chi connectivity index (χ0n) is 12.3. The molecule has 0 aromatic carbocycles. The minimum Gasteiger partial charge on any atom is -0.338 e. The number of amides is 1. The van der Waals surface area contributed by atoms with Gasteiger partial charge in [-0.25, -0.2) is 0 Å². The van der Waals surface area contributed by atoms with E-state index in [4.69, 9.17) is 0 Å². The van der Waals surface area contributed by atoms with Gasteiger partial charge < -0.3 is 9.80 Å². The number of hydrogen-bond donors (Lipinski definition) is 0. The molecule has 0 spiro atoms. The van der Waals surface area contributed by atoms with Crippen LogP contribution in [0, 0.1) is 0 Å². The average Bonchev–Trinajstić information content (AvgIpc) is 2.78. The van der Waals surface area contributed by atoms with E-state index in [1.807, 2.05) is 17.9 Å². The summed E-state index contributed by atoms with van der Waals surface area (Å²) in [5.41, 5.74) is 0. The maximum atomic E-state index is 12.4. The van der Waals surface area contributed by atoms with Gasteiger partial charge in [0.2, 0.25) is 0 Å². The number of carbonyl (C=O) groups excluding carboxylic acids is 1. The second-order valence-corrected chi connectivity index (χ2v) is 7.72. The number of nitrogens with zero attached hydrogens (tertiary/aromatic N) is 2. The molecule has 0 aliphatic heterocycles. The third kappa shape index (κ3) is 5.13. The maximum Gasteiger partial charge on any atom is 0.263 e. The number of hydrogen-bond acceptors (Lipinski definition) is 3. The Morgan fingerprint density at radius 3 is 2.25 bits per heavy atom. The summed E-state index contributed by atoms with van der Waals surface area (Å²) in [6.07, 6.45) is 1.02. The van der Waals surface area contributed by atoms with E-state index < -0.39 is 0 Å². The van der Waals surface area contributed by atoms with Crippen LogP contribution in [0.15, 0.2) is 14.3 Å². The lowest BCUT2D eigenvalue weighted by Crippen LogP contribution is -2.34. The zero-order valence-corrected chi connectivity index (χ0v) is 16.3. The third-order valence-corrected chi connectivity index (χ3v) is 6.57. The molecule has 1 aromatic heterocycles. The molecule has 0 N–H and O–H groups in total. The highest BCUT2D eigenvalue weighted by Gasteiger charge is 2.17. The Hall–Kier alpha value is 0.0900. The Morgan fingerprint density at radius 1 is 1.15 bits per heavy atom. The zero-order chi connectivity index (χ0) is 15.1. The Morgan fingerprint density at radius 2 is 1.80 bits per heavy atom. The topological polar surface area (TPSA) is 23.6 Å². The highest BCUT2D eigenvalue weighted by atomic mass is 79.9. The minimum absolute atomic E-state index is 0.128. The smallest absolute Gasteiger partial charge is 0.263 e. The molecule has 3 nitrogen and oxygen atoms in total. The predicted molar refractivity (Wildman–Crippen MR) is 93.7 cm³/mol. The molecule has 1 heterocycles. The third-order valence-electron chi connectivity index (χ3n) is 3.32. The molecule has 0 radical (unpaired) electrons. The van der Waals surface area contributed by atoms with Crippen LogP contribution in [-0.4, -0.2) is 48.4 Å². The van der Waals surface area contributed by atoms with Gasteiger partial charge in [0.1, 0.15) is 0 Å². The van der Waals surface area contributed by atoms with Gasteiger partial charge in [0.25, 0.3) is 5.91 Å². The molecule has 0 saturated heterocycles. The summed E-state index contributed by atoms with van der Waals surface area (Å²) in [5.74, 6) is 0.128. The second kappa shape index (κ2) is 9.18. The molecule has 0 atom stereocenters. The summed E-state index contributed by atoms with van der Waals surface area (Å²) in [7, 11) is 0. The van der Waals surface area contributed by atoms with Crippen LogP contribution < -0.4 is 0 Å². The van der Waals surface area contributed by atoms with E-state index in [0.29, 0.717) is 0 Å². The van der Waals surface area contributed by atoms with Crippen molar-refractivity contribution >= 4 is 49.1 Å². The predicted octanol–water partition coefficient (Wildman–Crippen LogP) is 4.47. The van der Waals surface area contributed by atoms with Crippen molar-refractivity contribution in [2.45, 2.75) is 27.2 Å². The van der Waals surface area contributed by atoms with Gasteiger partial charge >= 0.3 is 0 Å². The van der Waals surface area contributed by atoms with Gasteiger partial charge in [-0.2, -0.15) is 0 Å². The summed E-state index contributed by atoms with van der Waals surface area (Å²) < 4.78 is 1.92. The lowest BCUT2D eigenvalue weighted by atomic mass is 10.3. The first-order chi connectivity index (χ1) is 9.53. The Kier molecular flexibility index (Phi) is 8.32. The fraction of sp³-hybridized carbons (Fsp3) is 0.643. The average molecular weight is 426 g/mol. The molecular weight excluding hydrogens is 404 g/mol. The summed E-state index contributed by atoms with van der Waals surface area (Å²) in [6, 6.07) is 1.89. The maximum absolute atomic E-state index is 12.4. The first-order valence-corrected chi connectivity index (χ1v) is 9.40. The van der Waals surface area contributed by atoms with Gasteiger partial charge in [-0.15, -0.1) is 11.3 Å². The molecule has 0 bridgehead atoms. The van der Waals surface area contributed by atoms with E-state index in [1.165, 1.54) is 11.3 Å². The van der Waals surface area contributed by atoms with Gasteiger partial charge in [0.15, 0.2) is 0 Å². The van der Waals surface area contributed by atoms with Crippen molar-refractivity contribution in [1.82, 2.24) is 9.80 Å². The summed E-state index contributed by atoms with van der Waals surface area (Å²) in [5, 5.41) is 0. The van der Waals surface area contributed by atoms with Crippen molar-refractivity contribution in [2.24, 2.45) is 0 Å². The summed E-state index contributed by atoms with van der Waals surface area (Å²) in [6.45, 7) is 11.1. The van der Waals surface area contributed by atoms with E-state index in [2.05, 4.69) is 50.6 Å². The fourth-order valence-corrected chi connectivity index (χ4v) is 4.04. The van der Waals surface area contributed by atoms with Crippen LogP contribution >= 0.6 is 43.2 Å². The first-order valence-electron chi connectivity index (χ1n) is 6.99. The van der Waals surface area contributed by atoms with Crippen molar-refractivity contribution in [1.29, 1.82) is 0 Å². The SMILES string of the molecule is CCN(CC)CCCN(CC)C(=O)c1cc(Br)c(Br)s1. The second-order valence-electron chi connectivity index (χ2n) is 4.50. The van der Waals surface area contributed by atoms with Crippen LogP contribution in [0.4, 0.5) is 0 Å². The monoisotopic (exact) mass is 424 g/mol. The van der Waals surface area contributed by atoms with E-state index >= 15 is 0 Å². The Bertz CT molecular complexity index is 413. The summed E-state index contributed by atoms with van der Waals surface area (Å²) >= 11 is 8.36.